The molecule has 0 bridgehead atoms. The second-order valence-corrected chi connectivity index (χ2v) is 3.96. The van der Waals surface area contributed by atoms with Crippen LogP contribution in [0, 0.1) is 10.1 Å². The molecule has 0 unspecified atom stereocenters. The van der Waals surface area contributed by atoms with Gasteiger partial charge in [0.25, 0.3) is 0 Å². The Bertz CT molecular complexity index is 151. The van der Waals surface area contributed by atoms with Gasteiger partial charge < -0.3 is 5.11 Å². The quantitative estimate of drug-likeness (QED) is 0.329. The number of aliphatic hydroxyl groups excluding tert-OH is 1. The summed E-state index contributed by atoms with van der Waals surface area (Å²) in [6, 6.07) is 0. The Morgan fingerprint density at radius 3 is 1.60 bits per heavy atom. The number of hydrogen-bond acceptors (Lipinski definition) is 3. The van der Waals surface area contributed by atoms with E-state index in [9.17, 15) is 10.1 Å². The minimum Gasteiger partial charge on any atom is -0.396 e. The van der Waals surface area contributed by atoms with Gasteiger partial charge in [0.2, 0.25) is 6.54 Å². The van der Waals surface area contributed by atoms with E-state index in [0.29, 0.717) is 6.61 Å². The van der Waals surface area contributed by atoms with Gasteiger partial charge in [0.15, 0.2) is 0 Å². The molecule has 0 aromatic rings. The van der Waals surface area contributed by atoms with Gasteiger partial charge in [0.1, 0.15) is 0 Å². The van der Waals surface area contributed by atoms with Gasteiger partial charge in [-0.2, -0.15) is 0 Å². The van der Waals surface area contributed by atoms with Gasteiger partial charge in [-0.15, -0.1) is 0 Å². The number of aliphatic hydroxyl groups is 1. The minimum absolute atomic E-state index is 0.122. The monoisotopic (exact) mass is 217 g/mol. The molecule has 0 saturated carbocycles. The van der Waals surface area contributed by atoms with Gasteiger partial charge in [-0.3, -0.25) is 10.1 Å². The van der Waals surface area contributed by atoms with Crippen LogP contribution < -0.4 is 0 Å². The highest BCUT2D eigenvalue weighted by Gasteiger charge is 1.96. The summed E-state index contributed by atoms with van der Waals surface area (Å²) in [5.41, 5.74) is 0. The zero-order valence-electron chi connectivity index (χ0n) is 9.49. The first-order chi connectivity index (χ1) is 7.27. The second-order valence-electron chi connectivity index (χ2n) is 3.96. The summed E-state index contributed by atoms with van der Waals surface area (Å²) in [6.07, 6.45) is 9.72. The molecule has 0 rings (SSSR count). The summed E-state index contributed by atoms with van der Waals surface area (Å²) in [6.45, 7) is 0.428. The Balaban J connectivity index is 2.89. The molecular formula is C11H23NO3. The topological polar surface area (TPSA) is 63.4 Å². The highest BCUT2D eigenvalue weighted by molar-refractivity contribution is 4.46. The third-order valence-corrected chi connectivity index (χ3v) is 2.50. The summed E-state index contributed by atoms with van der Waals surface area (Å²) in [4.78, 5) is 9.78. The van der Waals surface area contributed by atoms with Gasteiger partial charge >= 0.3 is 0 Å². The maximum absolute atomic E-state index is 10.0. The van der Waals surface area contributed by atoms with Crippen molar-refractivity contribution in [1.29, 1.82) is 0 Å². The fourth-order valence-corrected chi connectivity index (χ4v) is 1.59. The van der Waals surface area contributed by atoms with E-state index in [0.717, 1.165) is 32.1 Å². The van der Waals surface area contributed by atoms with Crippen LogP contribution in [0.15, 0.2) is 0 Å². The van der Waals surface area contributed by atoms with E-state index < -0.39 is 0 Å². The number of rotatable bonds is 11. The second kappa shape index (κ2) is 11.4. The molecule has 4 nitrogen and oxygen atoms in total. The van der Waals surface area contributed by atoms with Crippen molar-refractivity contribution in [2.45, 2.75) is 57.8 Å². The fourth-order valence-electron chi connectivity index (χ4n) is 1.59. The molecule has 0 aromatic heterocycles. The molecule has 0 fully saturated rings. The normalized spacial score (nSPS) is 10.5. The number of hydrogen-bond donors (Lipinski definition) is 1. The predicted octanol–water partition coefficient (Wildman–Crippen LogP) is 2.77. The lowest BCUT2D eigenvalue weighted by Crippen LogP contribution is -1.99. The average molecular weight is 217 g/mol. The van der Waals surface area contributed by atoms with Crippen molar-refractivity contribution in [2.24, 2.45) is 0 Å². The Morgan fingerprint density at radius 2 is 1.20 bits per heavy atom. The smallest absolute Gasteiger partial charge is 0.203 e. The summed E-state index contributed by atoms with van der Waals surface area (Å²) < 4.78 is 0. The van der Waals surface area contributed by atoms with E-state index in [1.807, 2.05) is 0 Å². The molecule has 90 valence electrons. The first kappa shape index (κ1) is 14.4. The van der Waals surface area contributed by atoms with Crippen LogP contribution in [-0.4, -0.2) is 23.2 Å². The van der Waals surface area contributed by atoms with E-state index in [-0.39, 0.29) is 11.5 Å². The third-order valence-electron chi connectivity index (χ3n) is 2.50. The Morgan fingerprint density at radius 1 is 0.800 bits per heavy atom. The molecule has 0 aliphatic carbocycles. The Kier molecular flexibility index (Phi) is 10.9. The molecule has 0 radical (unpaired) electrons. The summed E-state index contributed by atoms with van der Waals surface area (Å²) >= 11 is 0. The van der Waals surface area contributed by atoms with Gasteiger partial charge in [0, 0.05) is 18.0 Å². The Labute approximate surface area is 91.8 Å². The molecule has 0 aromatic carbocycles. The van der Waals surface area contributed by atoms with E-state index in [4.69, 9.17) is 5.11 Å². The number of unbranched alkanes of at least 4 members (excludes halogenated alkanes) is 8. The van der Waals surface area contributed by atoms with E-state index in [1.165, 1.54) is 25.7 Å². The maximum atomic E-state index is 10.0. The van der Waals surface area contributed by atoms with Crippen LogP contribution in [0.4, 0.5) is 0 Å². The lowest BCUT2D eigenvalue weighted by molar-refractivity contribution is -0.480. The van der Waals surface area contributed by atoms with Crippen molar-refractivity contribution in [3.8, 4) is 0 Å². The zero-order chi connectivity index (χ0) is 11.4. The summed E-state index contributed by atoms with van der Waals surface area (Å²) in [5, 5.41) is 18.6. The molecule has 4 heteroatoms. The van der Waals surface area contributed by atoms with Crippen molar-refractivity contribution < 1.29 is 10.0 Å². The highest BCUT2D eigenvalue weighted by atomic mass is 16.6. The van der Waals surface area contributed by atoms with Crippen LogP contribution in [-0.2, 0) is 0 Å². The highest BCUT2D eigenvalue weighted by Crippen LogP contribution is 2.09. The Hall–Kier alpha value is -0.640. The predicted molar refractivity (Wildman–Crippen MR) is 60.5 cm³/mol. The number of nitro groups is 1. The van der Waals surface area contributed by atoms with Gasteiger partial charge in [-0.25, -0.2) is 0 Å². The molecule has 0 spiro atoms. The standard InChI is InChI=1S/C11H23NO3/c13-11-9-7-5-3-1-2-4-6-8-10-12(14)15/h13H,1-11H2. The molecule has 0 heterocycles. The van der Waals surface area contributed by atoms with Crippen LogP contribution in [0.25, 0.3) is 0 Å². The van der Waals surface area contributed by atoms with Gasteiger partial charge in [0.05, 0.1) is 0 Å². The van der Waals surface area contributed by atoms with E-state index in [2.05, 4.69) is 0 Å². The third kappa shape index (κ3) is 13.4. The molecule has 15 heavy (non-hydrogen) atoms. The van der Waals surface area contributed by atoms with E-state index in [1.54, 1.807) is 0 Å². The van der Waals surface area contributed by atoms with Crippen molar-refractivity contribution >= 4 is 0 Å². The molecule has 0 aliphatic heterocycles. The number of nitrogens with zero attached hydrogens (tertiary/aromatic N) is 1. The molecule has 0 amide bonds. The van der Waals surface area contributed by atoms with Crippen LogP contribution >= 0.6 is 0 Å². The van der Waals surface area contributed by atoms with E-state index >= 15 is 0 Å². The molecule has 0 saturated heterocycles. The van der Waals surface area contributed by atoms with Crippen LogP contribution in [0.5, 0.6) is 0 Å². The first-order valence-corrected chi connectivity index (χ1v) is 6.00. The SMILES string of the molecule is O=[N+]([O-])CCCCCCCCCCCO. The van der Waals surface area contributed by atoms with Gasteiger partial charge in [-0.05, 0) is 12.8 Å². The lowest BCUT2D eigenvalue weighted by Gasteiger charge is -2.00. The largest absolute Gasteiger partial charge is 0.396 e. The lowest BCUT2D eigenvalue weighted by atomic mass is 10.1. The summed E-state index contributed by atoms with van der Waals surface area (Å²) in [5.74, 6) is 0. The van der Waals surface area contributed by atoms with Crippen molar-refractivity contribution in [1.82, 2.24) is 0 Å². The molecule has 1 N–H and O–H groups in total. The molecular weight excluding hydrogens is 194 g/mol. The zero-order valence-corrected chi connectivity index (χ0v) is 9.49. The first-order valence-electron chi connectivity index (χ1n) is 6.00. The van der Waals surface area contributed by atoms with Crippen LogP contribution in [0.1, 0.15) is 57.8 Å². The maximum Gasteiger partial charge on any atom is 0.203 e. The van der Waals surface area contributed by atoms with Crippen molar-refractivity contribution in [3.05, 3.63) is 10.1 Å². The summed E-state index contributed by atoms with van der Waals surface area (Å²) in [7, 11) is 0. The average Bonchev–Trinajstić information content (AvgIpc) is 2.20. The fraction of sp³-hybridized carbons (Fsp3) is 1.00. The van der Waals surface area contributed by atoms with Crippen LogP contribution in [0.3, 0.4) is 0 Å². The molecule has 0 aliphatic rings. The van der Waals surface area contributed by atoms with Crippen molar-refractivity contribution in [2.75, 3.05) is 13.2 Å². The molecule has 0 atom stereocenters. The van der Waals surface area contributed by atoms with Crippen LogP contribution in [0.2, 0.25) is 0 Å². The van der Waals surface area contributed by atoms with Crippen molar-refractivity contribution in [3.63, 3.8) is 0 Å². The van der Waals surface area contributed by atoms with Gasteiger partial charge in [-0.1, -0.05) is 38.5 Å². The minimum atomic E-state index is -0.241.